The lowest BCUT2D eigenvalue weighted by Crippen LogP contribution is -2.57. The molecule has 4 rings (SSSR count). The van der Waals surface area contributed by atoms with Crippen LogP contribution in [0.4, 0.5) is 0 Å². The lowest BCUT2D eigenvalue weighted by atomic mass is 9.74. The molecule has 1 N–H and O–H groups in total. The highest BCUT2D eigenvalue weighted by atomic mass is 16.5. The second-order valence-electron chi connectivity index (χ2n) is 6.38. The van der Waals surface area contributed by atoms with Gasteiger partial charge in [0.1, 0.15) is 5.60 Å². The molecule has 1 aromatic carbocycles. The highest BCUT2D eigenvalue weighted by molar-refractivity contribution is 5.37. The van der Waals surface area contributed by atoms with Gasteiger partial charge >= 0.3 is 0 Å². The fourth-order valence-corrected chi connectivity index (χ4v) is 4.42. The molecule has 20 heavy (non-hydrogen) atoms. The van der Waals surface area contributed by atoms with Crippen molar-refractivity contribution in [3.63, 3.8) is 0 Å². The number of piperazine rings is 1. The van der Waals surface area contributed by atoms with E-state index >= 15 is 0 Å². The third-order valence-corrected chi connectivity index (χ3v) is 5.36. The van der Waals surface area contributed by atoms with Gasteiger partial charge in [0.2, 0.25) is 0 Å². The SMILES string of the molecule is c1ccc2c(c1)COC21CCCCC1N1CCNCC1. The Bertz CT molecular complexity index is 480. The van der Waals surface area contributed by atoms with E-state index in [1.165, 1.54) is 36.8 Å². The number of benzene rings is 1. The molecular formula is C17H24N2O. The quantitative estimate of drug-likeness (QED) is 0.848. The smallest absolute Gasteiger partial charge is 0.109 e. The molecule has 1 aliphatic carbocycles. The summed E-state index contributed by atoms with van der Waals surface area (Å²) >= 11 is 0. The van der Waals surface area contributed by atoms with E-state index in [1.807, 2.05) is 0 Å². The number of fused-ring (bicyclic) bond motifs is 2. The molecule has 0 radical (unpaired) electrons. The van der Waals surface area contributed by atoms with E-state index in [9.17, 15) is 0 Å². The molecule has 0 bridgehead atoms. The first-order chi connectivity index (χ1) is 9.90. The number of hydrogen-bond donors (Lipinski definition) is 1. The van der Waals surface area contributed by atoms with Gasteiger partial charge in [-0.3, -0.25) is 4.90 Å². The molecule has 2 heterocycles. The summed E-state index contributed by atoms with van der Waals surface area (Å²) in [6.45, 7) is 5.37. The average Bonchev–Trinajstić information content (AvgIpc) is 2.89. The summed E-state index contributed by atoms with van der Waals surface area (Å²) in [6.07, 6.45) is 5.13. The molecule has 1 aromatic rings. The number of nitrogens with zero attached hydrogens (tertiary/aromatic N) is 1. The Morgan fingerprint density at radius 1 is 1.15 bits per heavy atom. The average molecular weight is 272 g/mol. The van der Waals surface area contributed by atoms with E-state index in [4.69, 9.17) is 4.74 Å². The first-order valence-corrected chi connectivity index (χ1v) is 8.07. The predicted molar refractivity (Wildman–Crippen MR) is 79.6 cm³/mol. The van der Waals surface area contributed by atoms with Crippen molar-refractivity contribution in [2.75, 3.05) is 26.2 Å². The monoisotopic (exact) mass is 272 g/mol. The van der Waals surface area contributed by atoms with E-state index in [2.05, 4.69) is 34.5 Å². The van der Waals surface area contributed by atoms with E-state index < -0.39 is 0 Å². The number of nitrogens with one attached hydrogen (secondary N) is 1. The van der Waals surface area contributed by atoms with Crippen molar-refractivity contribution >= 4 is 0 Å². The van der Waals surface area contributed by atoms with Crippen LogP contribution in [0.2, 0.25) is 0 Å². The Balaban J connectivity index is 1.70. The first-order valence-electron chi connectivity index (χ1n) is 8.07. The molecule has 2 atom stereocenters. The number of ether oxygens (including phenoxy) is 1. The van der Waals surface area contributed by atoms with Gasteiger partial charge in [0, 0.05) is 32.2 Å². The van der Waals surface area contributed by atoms with Gasteiger partial charge in [-0.05, 0) is 24.0 Å². The summed E-state index contributed by atoms with van der Waals surface area (Å²) in [7, 11) is 0. The predicted octanol–water partition coefficient (Wildman–Crippen LogP) is 2.26. The molecule has 2 unspecified atom stereocenters. The summed E-state index contributed by atoms with van der Waals surface area (Å²) in [4.78, 5) is 2.68. The van der Waals surface area contributed by atoms with Crippen LogP contribution in [0.15, 0.2) is 24.3 Å². The molecule has 3 nitrogen and oxygen atoms in total. The minimum atomic E-state index is -0.0216. The largest absolute Gasteiger partial charge is 0.364 e. The van der Waals surface area contributed by atoms with Crippen LogP contribution in [0.5, 0.6) is 0 Å². The third-order valence-electron chi connectivity index (χ3n) is 5.36. The second-order valence-corrected chi connectivity index (χ2v) is 6.38. The summed E-state index contributed by atoms with van der Waals surface area (Å²) in [6, 6.07) is 9.45. The van der Waals surface area contributed by atoms with Gasteiger partial charge in [-0.15, -0.1) is 0 Å². The summed E-state index contributed by atoms with van der Waals surface area (Å²) in [5.74, 6) is 0. The standard InChI is InChI=1S/C17H24N2O/c1-2-6-15-14(5-1)13-20-17(15)8-4-3-7-16(17)19-11-9-18-10-12-19/h1-2,5-6,16,18H,3-4,7-13H2. The molecule has 1 saturated heterocycles. The van der Waals surface area contributed by atoms with Crippen molar-refractivity contribution in [3.05, 3.63) is 35.4 Å². The fourth-order valence-electron chi connectivity index (χ4n) is 4.42. The first kappa shape index (κ1) is 12.8. The summed E-state index contributed by atoms with van der Waals surface area (Å²) in [5, 5.41) is 3.47. The maximum Gasteiger partial charge on any atom is 0.109 e. The fraction of sp³-hybridized carbons (Fsp3) is 0.647. The molecule has 108 valence electrons. The summed E-state index contributed by atoms with van der Waals surface area (Å²) < 4.78 is 6.46. The van der Waals surface area contributed by atoms with E-state index in [1.54, 1.807) is 0 Å². The van der Waals surface area contributed by atoms with Crippen LogP contribution < -0.4 is 5.32 Å². The lowest BCUT2D eigenvalue weighted by molar-refractivity contribution is -0.122. The van der Waals surface area contributed by atoms with Gasteiger partial charge in [0.15, 0.2) is 0 Å². The van der Waals surface area contributed by atoms with Crippen molar-refractivity contribution in [1.29, 1.82) is 0 Å². The van der Waals surface area contributed by atoms with Crippen LogP contribution in [0.25, 0.3) is 0 Å². The molecule has 0 aromatic heterocycles. The highest BCUT2D eigenvalue weighted by Crippen LogP contribution is 2.48. The van der Waals surface area contributed by atoms with Gasteiger partial charge in [-0.25, -0.2) is 0 Å². The minimum Gasteiger partial charge on any atom is -0.364 e. The zero-order valence-electron chi connectivity index (χ0n) is 12.1. The van der Waals surface area contributed by atoms with E-state index in [0.29, 0.717) is 6.04 Å². The van der Waals surface area contributed by atoms with Crippen molar-refractivity contribution in [2.45, 2.75) is 43.9 Å². The van der Waals surface area contributed by atoms with Gasteiger partial charge in [0.05, 0.1) is 6.61 Å². The Morgan fingerprint density at radius 3 is 2.90 bits per heavy atom. The zero-order chi connectivity index (χ0) is 13.4. The van der Waals surface area contributed by atoms with Crippen molar-refractivity contribution in [3.8, 4) is 0 Å². The van der Waals surface area contributed by atoms with Crippen molar-refractivity contribution in [1.82, 2.24) is 10.2 Å². The van der Waals surface area contributed by atoms with Crippen LogP contribution in [0.3, 0.4) is 0 Å². The maximum absolute atomic E-state index is 6.46. The Morgan fingerprint density at radius 2 is 2.00 bits per heavy atom. The van der Waals surface area contributed by atoms with Gasteiger partial charge in [-0.2, -0.15) is 0 Å². The van der Waals surface area contributed by atoms with Crippen molar-refractivity contribution < 1.29 is 4.74 Å². The van der Waals surface area contributed by atoms with Crippen LogP contribution >= 0.6 is 0 Å². The molecule has 3 heteroatoms. The number of rotatable bonds is 1. The highest BCUT2D eigenvalue weighted by Gasteiger charge is 2.49. The van der Waals surface area contributed by atoms with Gasteiger partial charge < -0.3 is 10.1 Å². The lowest BCUT2D eigenvalue weighted by Gasteiger charge is -2.48. The Kier molecular flexibility index (Phi) is 3.29. The molecule has 2 fully saturated rings. The third kappa shape index (κ3) is 1.92. The Hall–Kier alpha value is -0.900. The molecule has 3 aliphatic rings. The minimum absolute atomic E-state index is 0.0216. The van der Waals surface area contributed by atoms with Crippen LogP contribution in [-0.2, 0) is 16.9 Å². The number of hydrogen-bond acceptors (Lipinski definition) is 3. The van der Waals surface area contributed by atoms with E-state index in [0.717, 1.165) is 32.8 Å². The second kappa shape index (κ2) is 5.14. The van der Waals surface area contributed by atoms with Crippen molar-refractivity contribution in [2.24, 2.45) is 0 Å². The summed E-state index contributed by atoms with van der Waals surface area (Å²) in [5.41, 5.74) is 2.87. The van der Waals surface area contributed by atoms with Gasteiger partial charge in [-0.1, -0.05) is 37.1 Å². The maximum atomic E-state index is 6.46. The molecular weight excluding hydrogens is 248 g/mol. The van der Waals surface area contributed by atoms with Gasteiger partial charge in [0.25, 0.3) is 0 Å². The van der Waals surface area contributed by atoms with Crippen LogP contribution in [0, 0.1) is 0 Å². The van der Waals surface area contributed by atoms with Crippen LogP contribution in [0.1, 0.15) is 36.8 Å². The van der Waals surface area contributed by atoms with E-state index in [-0.39, 0.29) is 5.60 Å². The normalized spacial score (nSPS) is 34.3. The Labute approximate surface area is 121 Å². The molecule has 1 spiro atoms. The topological polar surface area (TPSA) is 24.5 Å². The molecule has 1 saturated carbocycles. The molecule has 2 aliphatic heterocycles. The molecule has 0 amide bonds. The zero-order valence-corrected chi connectivity index (χ0v) is 12.1. The van der Waals surface area contributed by atoms with Crippen LogP contribution in [-0.4, -0.2) is 37.1 Å².